The maximum absolute atomic E-state index is 14.0. The molecule has 4 nitrogen and oxygen atoms in total. The molecule has 2 rings (SSSR count). The first-order valence-electron chi connectivity index (χ1n) is 6.60. The van der Waals surface area contributed by atoms with Crippen molar-refractivity contribution in [2.75, 3.05) is 0 Å². The van der Waals surface area contributed by atoms with Gasteiger partial charge in [0.15, 0.2) is 5.17 Å². The van der Waals surface area contributed by atoms with E-state index in [9.17, 15) is 14.3 Å². The van der Waals surface area contributed by atoms with Crippen molar-refractivity contribution in [3.8, 4) is 0 Å². The van der Waals surface area contributed by atoms with Gasteiger partial charge in [-0.25, -0.2) is 14.2 Å². The van der Waals surface area contributed by atoms with Crippen molar-refractivity contribution in [3.05, 3.63) is 46.9 Å². The number of halogens is 1. The minimum atomic E-state index is -1.09. The van der Waals surface area contributed by atoms with Crippen molar-refractivity contribution in [2.24, 2.45) is 4.99 Å². The molecule has 1 heterocycles. The van der Waals surface area contributed by atoms with Gasteiger partial charge in [0.25, 0.3) is 0 Å². The Hall–Kier alpha value is -1.82. The highest BCUT2D eigenvalue weighted by Crippen LogP contribution is 2.33. The molecule has 0 saturated heterocycles. The fourth-order valence-corrected chi connectivity index (χ4v) is 2.95. The summed E-state index contributed by atoms with van der Waals surface area (Å²) in [4.78, 5) is 15.9. The predicted octanol–water partition coefficient (Wildman–Crippen LogP) is 3.33. The molecule has 0 amide bonds. The van der Waals surface area contributed by atoms with E-state index in [4.69, 9.17) is 0 Å². The molecule has 1 aromatic rings. The monoisotopic (exact) mass is 308 g/mol. The second kappa shape index (κ2) is 6.30. The summed E-state index contributed by atoms with van der Waals surface area (Å²) in [7, 11) is 0. The van der Waals surface area contributed by atoms with Crippen molar-refractivity contribution in [1.29, 1.82) is 0 Å². The van der Waals surface area contributed by atoms with Crippen LogP contribution in [0.15, 0.2) is 40.5 Å². The van der Waals surface area contributed by atoms with Gasteiger partial charge in [0, 0.05) is 16.5 Å². The molecule has 112 valence electrons. The number of amidine groups is 1. The van der Waals surface area contributed by atoms with Crippen LogP contribution in [0.2, 0.25) is 0 Å². The van der Waals surface area contributed by atoms with E-state index in [0.717, 1.165) is 0 Å². The van der Waals surface area contributed by atoms with Gasteiger partial charge < -0.3 is 10.4 Å². The van der Waals surface area contributed by atoms with E-state index in [1.165, 1.54) is 17.8 Å². The van der Waals surface area contributed by atoms with Crippen molar-refractivity contribution >= 4 is 22.9 Å². The van der Waals surface area contributed by atoms with Gasteiger partial charge in [-0.05, 0) is 13.0 Å². The highest BCUT2D eigenvalue weighted by molar-refractivity contribution is 8.14. The number of allylic oxidation sites excluding steroid dienone is 1. The number of hydrogen-bond donors (Lipinski definition) is 2. The van der Waals surface area contributed by atoms with E-state index >= 15 is 0 Å². The van der Waals surface area contributed by atoms with Gasteiger partial charge >= 0.3 is 5.97 Å². The van der Waals surface area contributed by atoms with E-state index in [1.54, 1.807) is 25.1 Å². The van der Waals surface area contributed by atoms with Crippen LogP contribution >= 0.6 is 11.8 Å². The smallest absolute Gasteiger partial charge is 0.335 e. The Morgan fingerprint density at radius 3 is 2.67 bits per heavy atom. The number of carbonyl (C=O) groups is 1. The van der Waals surface area contributed by atoms with Gasteiger partial charge in [0.05, 0.1) is 5.57 Å². The first-order valence-corrected chi connectivity index (χ1v) is 7.48. The molecule has 21 heavy (non-hydrogen) atoms. The van der Waals surface area contributed by atoms with Gasteiger partial charge in [-0.1, -0.05) is 43.8 Å². The minimum absolute atomic E-state index is 0.0770. The van der Waals surface area contributed by atoms with Gasteiger partial charge in [0.2, 0.25) is 0 Å². The fraction of sp³-hybridized carbons (Fsp3) is 0.333. The zero-order valence-corrected chi connectivity index (χ0v) is 12.9. The quantitative estimate of drug-likeness (QED) is 0.899. The summed E-state index contributed by atoms with van der Waals surface area (Å²) in [6.07, 6.45) is 0. The maximum atomic E-state index is 14.0. The van der Waals surface area contributed by atoms with Crippen LogP contribution in [0.1, 0.15) is 32.4 Å². The summed E-state index contributed by atoms with van der Waals surface area (Å²) in [5.74, 6) is -1.54. The SMILES string of the molecule is CC1=C(C(=O)O)C(c2ccccc2F)N=C(SC(C)C)N1. The van der Waals surface area contributed by atoms with Crippen LogP contribution in [0.25, 0.3) is 0 Å². The number of hydrogen-bond acceptors (Lipinski definition) is 4. The zero-order chi connectivity index (χ0) is 15.6. The molecule has 0 aromatic heterocycles. The average molecular weight is 308 g/mol. The van der Waals surface area contributed by atoms with Crippen LogP contribution in [0.3, 0.4) is 0 Å². The largest absolute Gasteiger partial charge is 0.478 e. The van der Waals surface area contributed by atoms with Crippen molar-refractivity contribution in [2.45, 2.75) is 32.1 Å². The summed E-state index contributed by atoms with van der Waals surface area (Å²) in [5.41, 5.74) is 0.847. The highest BCUT2D eigenvalue weighted by Gasteiger charge is 2.30. The molecule has 1 atom stereocenters. The van der Waals surface area contributed by atoms with Crippen molar-refractivity contribution < 1.29 is 14.3 Å². The Balaban J connectivity index is 2.49. The van der Waals surface area contributed by atoms with Crippen LogP contribution in [0.4, 0.5) is 4.39 Å². The number of thioether (sulfide) groups is 1. The number of carboxylic acid groups (broad SMARTS) is 1. The van der Waals surface area contributed by atoms with E-state index in [0.29, 0.717) is 10.9 Å². The number of nitrogens with one attached hydrogen (secondary N) is 1. The number of rotatable bonds is 3. The lowest BCUT2D eigenvalue weighted by molar-refractivity contribution is -0.133. The normalized spacial score (nSPS) is 18.5. The van der Waals surface area contributed by atoms with Crippen LogP contribution < -0.4 is 5.32 Å². The molecular formula is C15H17FN2O2S. The van der Waals surface area contributed by atoms with E-state index in [-0.39, 0.29) is 16.4 Å². The van der Waals surface area contributed by atoms with Gasteiger partial charge in [0.1, 0.15) is 11.9 Å². The number of aliphatic carboxylic acids is 1. The van der Waals surface area contributed by atoms with E-state index in [1.807, 2.05) is 13.8 Å². The maximum Gasteiger partial charge on any atom is 0.335 e. The number of carboxylic acids is 1. The second-order valence-electron chi connectivity index (χ2n) is 4.99. The first kappa shape index (κ1) is 15.6. The Bertz CT molecular complexity index is 626. The highest BCUT2D eigenvalue weighted by atomic mass is 32.2. The first-order chi connectivity index (χ1) is 9.90. The molecular weight excluding hydrogens is 291 g/mol. The lowest BCUT2D eigenvalue weighted by Gasteiger charge is -2.25. The topological polar surface area (TPSA) is 61.7 Å². The lowest BCUT2D eigenvalue weighted by atomic mass is 9.96. The molecule has 1 unspecified atom stereocenters. The molecule has 1 aromatic carbocycles. The molecule has 0 aliphatic carbocycles. The third kappa shape index (κ3) is 3.44. The van der Waals surface area contributed by atoms with Crippen LogP contribution in [0, 0.1) is 5.82 Å². The number of aliphatic imine (C=N–C) groups is 1. The van der Waals surface area contributed by atoms with Crippen molar-refractivity contribution in [3.63, 3.8) is 0 Å². The standard InChI is InChI=1S/C15H17FN2O2S/c1-8(2)21-15-17-9(3)12(14(19)20)13(18-15)10-6-4-5-7-11(10)16/h4-8,13H,1-3H3,(H,17,18)(H,19,20). The Kier molecular flexibility index (Phi) is 4.67. The third-order valence-corrected chi connectivity index (χ3v) is 3.90. The molecule has 1 aliphatic heterocycles. The lowest BCUT2D eigenvalue weighted by Crippen LogP contribution is -2.30. The van der Waals surface area contributed by atoms with Gasteiger partial charge in [-0.3, -0.25) is 0 Å². The molecule has 2 N–H and O–H groups in total. The second-order valence-corrected chi connectivity index (χ2v) is 6.56. The molecule has 6 heteroatoms. The van der Waals surface area contributed by atoms with Crippen LogP contribution in [0.5, 0.6) is 0 Å². The summed E-state index contributed by atoms with van der Waals surface area (Å²) in [5, 5.41) is 13.3. The summed E-state index contributed by atoms with van der Waals surface area (Å²) >= 11 is 1.49. The van der Waals surface area contributed by atoms with Gasteiger partial charge in [-0.15, -0.1) is 0 Å². The Labute approximate surface area is 127 Å². The summed E-state index contributed by atoms with van der Waals surface area (Å²) in [6.45, 7) is 5.70. The molecule has 1 aliphatic rings. The Morgan fingerprint density at radius 2 is 2.10 bits per heavy atom. The van der Waals surface area contributed by atoms with Crippen molar-refractivity contribution in [1.82, 2.24) is 5.32 Å². The summed E-state index contributed by atoms with van der Waals surface area (Å²) in [6, 6.07) is 5.32. The molecule has 0 radical (unpaired) electrons. The Morgan fingerprint density at radius 1 is 1.43 bits per heavy atom. The van der Waals surface area contributed by atoms with Gasteiger partial charge in [-0.2, -0.15) is 0 Å². The fourth-order valence-electron chi connectivity index (χ4n) is 2.13. The summed E-state index contributed by atoms with van der Waals surface area (Å²) < 4.78 is 14.0. The number of nitrogens with zero attached hydrogens (tertiary/aromatic N) is 1. The van der Waals surface area contributed by atoms with E-state index < -0.39 is 17.8 Å². The van der Waals surface area contributed by atoms with E-state index in [2.05, 4.69) is 10.3 Å². The molecule has 0 fully saturated rings. The minimum Gasteiger partial charge on any atom is -0.478 e. The van der Waals surface area contributed by atoms with Crippen LogP contribution in [-0.4, -0.2) is 21.5 Å². The molecule has 0 saturated carbocycles. The third-order valence-electron chi connectivity index (χ3n) is 3.00. The molecule has 0 bridgehead atoms. The van der Waals surface area contributed by atoms with Crippen LogP contribution in [-0.2, 0) is 4.79 Å². The average Bonchev–Trinajstić information content (AvgIpc) is 2.37. The predicted molar refractivity (Wildman–Crippen MR) is 82.8 cm³/mol. The number of benzene rings is 1. The zero-order valence-electron chi connectivity index (χ0n) is 12.1. The molecule has 0 spiro atoms.